The molecule has 0 aromatic heterocycles. The molecule has 0 aromatic rings. The summed E-state index contributed by atoms with van der Waals surface area (Å²) in [5, 5.41) is 11.2. The van der Waals surface area contributed by atoms with E-state index in [4.69, 9.17) is 9.84 Å². The lowest BCUT2D eigenvalue weighted by molar-refractivity contribution is -0.157. The first-order chi connectivity index (χ1) is 10.1. The molecule has 0 unspecified atom stereocenters. The SMILES string of the molecule is COCC[C@H](NC(=O)[C@@H]1CC(=O)N(CC(F)(F)F)C1)C(=O)O. The summed E-state index contributed by atoms with van der Waals surface area (Å²) in [5.74, 6) is -3.79. The van der Waals surface area contributed by atoms with Gasteiger partial charge in [-0.05, 0) is 0 Å². The molecule has 0 radical (unpaired) electrons. The molecule has 2 atom stereocenters. The van der Waals surface area contributed by atoms with Crippen molar-refractivity contribution in [2.45, 2.75) is 25.1 Å². The number of nitrogens with one attached hydrogen (secondary N) is 1. The van der Waals surface area contributed by atoms with Gasteiger partial charge in [0, 0.05) is 33.1 Å². The van der Waals surface area contributed by atoms with Crippen LogP contribution in [-0.2, 0) is 19.1 Å². The Bertz CT molecular complexity index is 441. The van der Waals surface area contributed by atoms with Gasteiger partial charge >= 0.3 is 12.1 Å². The van der Waals surface area contributed by atoms with Crippen LogP contribution in [0.2, 0.25) is 0 Å². The van der Waals surface area contributed by atoms with Crippen LogP contribution >= 0.6 is 0 Å². The van der Waals surface area contributed by atoms with Gasteiger partial charge < -0.3 is 20.1 Å². The molecule has 0 bridgehead atoms. The lowest BCUT2D eigenvalue weighted by Gasteiger charge is -2.19. The Labute approximate surface area is 124 Å². The second kappa shape index (κ2) is 7.43. The largest absolute Gasteiger partial charge is 0.480 e. The number of aliphatic carboxylic acids is 1. The van der Waals surface area contributed by atoms with Crippen LogP contribution in [0.1, 0.15) is 12.8 Å². The number of hydrogen-bond acceptors (Lipinski definition) is 4. The van der Waals surface area contributed by atoms with Crippen molar-refractivity contribution in [3.63, 3.8) is 0 Å². The fourth-order valence-electron chi connectivity index (χ4n) is 2.10. The number of halogens is 3. The molecular weight excluding hydrogens is 309 g/mol. The van der Waals surface area contributed by atoms with Gasteiger partial charge in [0.2, 0.25) is 11.8 Å². The van der Waals surface area contributed by atoms with Crippen molar-refractivity contribution < 1.29 is 37.4 Å². The number of carboxylic acids is 1. The zero-order chi connectivity index (χ0) is 16.9. The fraction of sp³-hybridized carbons (Fsp3) is 0.750. The Morgan fingerprint density at radius 2 is 2.14 bits per heavy atom. The predicted octanol–water partition coefficient (Wildman–Crippen LogP) is 0.00310. The first-order valence-corrected chi connectivity index (χ1v) is 6.50. The van der Waals surface area contributed by atoms with E-state index < -0.39 is 42.5 Å². The lowest BCUT2D eigenvalue weighted by atomic mass is 10.1. The number of carbonyl (C=O) groups excluding carboxylic acids is 2. The summed E-state index contributed by atoms with van der Waals surface area (Å²) >= 11 is 0. The number of rotatable bonds is 7. The summed E-state index contributed by atoms with van der Waals surface area (Å²) in [6, 6.07) is -1.21. The normalized spacial score (nSPS) is 20.1. The molecule has 1 heterocycles. The van der Waals surface area contributed by atoms with E-state index in [-0.39, 0.29) is 26.0 Å². The number of alkyl halides is 3. The Morgan fingerprint density at radius 3 is 2.64 bits per heavy atom. The van der Waals surface area contributed by atoms with E-state index in [1.54, 1.807) is 0 Å². The van der Waals surface area contributed by atoms with Gasteiger partial charge in [-0.3, -0.25) is 9.59 Å². The van der Waals surface area contributed by atoms with Gasteiger partial charge in [-0.2, -0.15) is 13.2 Å². The average Bonchev–Trinajstić information content (AvgIpc) is 2.73. The highest BCUT2D eigenvalue weighted by atomic mass is 19.4. The molecule has 10 heteroatoms. The van der Waals surface area contributed by atoms with Crippen molar-refractivity contribution in [2.75, 3.05) is 26.8 Å². The molecule has 22 heavy (non-hydrogen) atoms. The molecule has 0 aromatic carbocycles. The number of likely N-dealkylation sites (tertiary alicyclic amines) is 1. The molecule has 0 aliphatic carbocycles. The Kier molecular flexibility index (Phi) is 6.15. The second-order valence-electron chi connectivity index (χ2n) is 4.97. The van der Waals surface area contributed by atoms with E-state index >= 15 is 0 Å². The minimum Gasteiger partial charge on any atom is -0.480 e. The molecule has 0 saturated carbocycles. The van der Waals surface area contributed by atoms with Crippen LogP contribution in [0, 0.1) is 5.92 Å². The quantitative estimate of drug-likeness (QED) is 0.687. The number of nitrogens with zero attached hydrogens (tertiary/aromatic N) is 1. The molecule has 7 nitrogen and oxygen atoms in total. The van der Waals surface area contributed by atoms with E-state index in [0.717, 1.165) is 0 Å². The van der Waals surface area contributed by atoms with Crippen molar-refractivity contribution in [1.29, 1.82) is 0 Å². The minimum atomic E-state index is -4.54. The number of methoxy groups -OCH3 is 1. The molecule has 1 aliphatic rings. The Morgan fingerprint density at radius 1 is 1.50 bits per heavy atom. The third-order valence-corrected chi connectivity index (χ3v) is 3.18. The van der Waals surface area contributed by atoms with Crippen LogP contribution in [0.4, 0.5) is 13.2 Å². The summed E-state index contributed by atoms with van der Waals surface area (Å²) in [6.07, 6.45) is -4.88. The Hall–Kier alpha value is -1.84. The third-order valence-electron chi connectivity index (χ3n) is 3.18. The molecular formula is C12H17F3N2O5. The lowest BCUT2D eigenvalue weighted by Crippen LogP contribution is -2.45. The molecule has 1 fully saturated rings. The Balaban J connectivity index is 2.59. The van der Waals surface area contributed by atoms with Gasteiger partial charge in [0.15, 0.2) is 0 Å². The fourth-order valence-corrected chi connectivity index (χ4v) is 2.10. The van der Waals surface area contributed by atoms with Crippen molar-refractivity contribution in [1.82, 2.24) is 10.2 Å². The number of ether oxygens (including phenoxy) is 1. The number of amides is 2. The van der Waals surface area contributed by atoms with Crippen LogP contribution in [0.25, 0.3) is 0 Å². The van der Waals surface area contributed by atoms with Crippen molar-refractivity contribution >= 4 is 17.8 Å². The highest BCUT2D eigenvalue weighted by Gasteiger charge is 2.41. The first kappa shape index (κ1) is 18.2. The van der Waals surface area contributed by atoms with Crippen LogP contribution in [0.15, 0.2) is 0 Å². The van der Waals surface area contributed by atoms with Crippen LogP contribution < -0.4 is 5.32 Å². The van der Waals surface area contributed by atoms with E-state index in [2.05, 4.69) is 5.32 Å². The van der Waals surface area contributed by atoms with E-state index in [0.29, 0.717) is 4.90 Å². The van der Waals surface area contributed by atoms with Crippen molar-refractivity contribution in [3.8, 4) is 0 Å². The summed E-state index contributed by atoms with van der Waals surface area (Å²) in [5.41, 5.74) is 0. The van der Waals surface area contributed by atoms with Gasteiger partial charge in [-0.25, -0.2) is 4.79 Å². The van der Waals surface area contributed by atoms with Crippen molar-refractivity contribution in [2.24, 2.45) is 5.92 Å². The maximum Gasteiger partial charge on any atom is 0.406 e. The van der Waals surface area contributed by atoms with Crippen LogP contribution in [0.3, 0.4) is 0 Å². The molecule has 2 N–H and O–H groups in total. The van der Waals surface area contributed by atoms with E-state index in [9.17, 15) is 27.6 Å². The smallest absolute Gasteiger partial charge is 0.406 e. The van der Waals surface area contributed by atoms with E-state index in [1.807, 2.05) is 0 Å². The number of hydrogen-bond donors (Lipinski definition) is 2. The maximum absolute atomic E-state index is 12.3. The molecule has 126 valence electrons. The number of carbonyl (C=O) groups is 3. The topological polar surface area (TPSA) is 95.9 Å². The standard InChI is InChI=1S/C12H17F3N2O5/c1-22-3-2-8(11(20)21)16-10(19)7-4-9(18)17(5-7)6-12(13,14)15/h7-8H,2-6H2,1H3,(H,16,19)(H,20,21)/t7-,8+/m1/s1. The van der Waals surface area contributed by atoms with Gasteiger partial charge in [-0.1, -0.05) is 0 Å². The van der Waals surface area contributed by atoms with Crippen molar-refractivity contribution in [3.05, 3.63) is 0 Å². The predicted molar refractivity (Wildman–Crippen MR) is 66.8 cm³/mol. The highest BCUT2D eigenvalue weighted by molar-refractivity contribution is 5.91. The molecule has 1 rings (SSSR count). The molecule has 1 aliphatic heterocycles. The summed E-state index contributed by atoms with van der Waals surface area (Å²) in [7, 11) is 1.37. The zero-order valence-electron chi connectivity index (χ0n) is 11.9. The van der Waals surface area contributed by atoms with Gasteiger partial charge in [0.25, 0.3) is 0 Å². The molecule has 1 saturated heterocycles. The van der Waals surface area contributed by atoms with Crippen LogP contribution in [0.5, 0.6) is 0 Å². The first-order valence-electron chi connectivity index (χ1n) is 6.50. The molecule has 2 amide bonds. The summed E-state index contributed by atoms with van der Waals surface area (Å²) in [6.45, 7) is -1.69. The van der Waals surface area contributed by atoms with Gasteiger partial charge in [-0.15, -0.1) is 0 Å². The van der Waals surface area contributed by atoms with Crippen LogP contribution in [-0.4, -0.2) is 66.8 Å². The second-order valence-corrected chi connectivity index (χ2v) is 4.97. The summed E-state index contributed by atoms with van der Waals surface area (Å²) in [4.78, 5) is 34.9. The number of carboxylic acid groups (broad SMARTS) is 1. The average molecular weight is 326 g/mol. The highest BCUT2D eigenvalue weighted by Crippen LogP contribution is 2.24. The monoisotopic (exact) mass is 326 g/mol. The van der Waals surface area contributed by atoms with E-state index in [1.165, 1.54) is 7.11 Å². The zero-order valence-corrected chi connectivity index (χ0v) is 11.9. The molecule has 0 spiro atoms. The summed E-state index contributed by atoms with van der Waals surface area (Å²) < 4.78 is 41.6. The minimum absolute atomic E-state index is 0.0184. The van der Waals surface area contributed by atoms with Gasteiger partial charge in [0.1, 0.15) is 12.6 Å². The third kappa shape index (κ3) is 5.51. The van der Waals surface area contributed by atoms with Gasteiger partial charge in [0.05, 0.1) is 5.92 Å². The maximum atomic E-state index is 12.3.